The third kappa shape index (κ3) is 2.79. The zero-order valence-electron chi connectivity index (χ0n) is 9.25. The number of hydrogen-bond donors (Lipinski definition) is 0. The topological polar surface area (TPSA) is 17.1 Å². The summed E-state index contributed by atoms with van der Waals surface area (Å²) in [5.41, 5.74) is 0. The van der Waals surface area contributed by atoms with Gasteiger partial charge in [-0.05, 0) is 28.1 Å². The molecule has 0 atom stereocenters. The van der Waals surface area contributed by atoms with Crippen LogP contribution in [0.4, 0.5) is 39.5 Å². The maximum atomic E-state index is 13.2. The molecule has 1 heterocycles. The third-order valence-corrected chi connectivity index (χ3v) is 3.85. The fourth-order valence-electron chi connectivity index (χ4n) is 1.11. The van der Waals surface area contributed by atoms with E-state index < -0.39 is 34.6 Å². The van der Waals surface area contributed by atoms with Crippen LogP contribution in [0.15, 0.2) is 15.9 Å². The number of carbonyl (C=O) groups excluding carboxylic acids is 1. The standard InChI is InChI=1S/C9H2BrF9OS/c10-4-2-1-3(21-4)5(20)6(11,12)7(13,14)8(15,16)9(17,18)19/h1-2H. The number of thiophene rings is 1. The summed E-state index contributed by atoms with van der Waals surface area (Å²) < 4.78 is 113. The van der Waals surface area contributed by atoms with E-state index in [1.807, 2.05) is 0 Å². The van der Waals surface area contributed by atoms with Crippen LogP contribution in [0, 0.1) is 0 Å². The fraction of sp³-hybridized carbons (Fsp3) is 0.444. The summed E-state index contributed by atoms with van der Waals surface area (Å²) in [5, 5.41) is 0. The lowest BCUT2D eigenvalue weighted by Gasteiger charge is -2.32. The number of alkyl halides is 9. The Kier molecular flexibility index (Phi) is 4.47. The summed E-state index contributed by atoms with van der Waals surface area (Å²) in [6.45, 7) is 0. The van der Waals surface area contributed by atoms with E-state index in [0.717, 1.165) is 6.07 Å². The van der Waals surface area contributed by atoms with Crippen molar-refractivity contribution in [1.29, 1.82) is 0 Å². The normalized spacial score (nSPS) is 14.4. The number of rotatable bonds is 4. The van der Waals surface area contributed by atoms with Gasteiger partial charge < -0.3 is 0 Å². The van der Waals surface area contributed by atoms with E-state index in [9.17, 15) is 44.3 Å². The van der Waals surface area contributed by atoms with E-state index >= 15 is 0 Å². The lowest BCUT2D eigenvalue weighted by Crippen LogP contribution is -2.63. The summed E-state index contributed by atoms with van der Waals surface area (Å²) in [6.07, 6.45) is -6.95. The van der Waals surface area contributed by atoms with Crippen LogP contribution < -0.4 is 0 Å². The second-order valence-corrected chi connectivity index (χ2v) is 6.12. The Morgan fingerprint density at radius 2 is 1.38 bits per heavy atom. The molecule has 1 aromatic rings. The lowest BCUT2D eigenvalue weighted by atomic mass is 9.99. The summed E-state index contributed by atoms with van der Waals surface area (Å²) >= 11 is 2.88. The summed E-state index contributed by atoms with van der Waals surface area (Å²) in [5.74, 6) is -23.1. The van der Waals surface area contributed by atoms with Gasteiger partial charge in [0.25, 0.3) is 0 Å². The van der Waals surface area contributed by atoms with Gasteiger partial charge in [0.1, 0.15) is 0 Å². The highest BCUT2D eigenvalue weighted by Crippen LogP contribution is 2.54. The average Bonchev–Trinajstić information content (AvgIpc) is 2.72. The van der Waals surface area contributed by atoms with Crippen LogP contribution in [0.3, 0.4) is 0 Å². The van der Waals surface area contributed by atoms with E-state index in [1.165, 1.54) is 0 Å². The summed E-state index contributed by atoms with van der Waals surface area (Å²) in [6, 6.07) is 1.56. The minimum atomic E-state index is -7.08. The molecule has 0 spiro atoms. The van der Waals surface area contributed by atoms with Gasteiger partial charge in [0.15, 0.2) is 0 Å². The minimum absolute atomic E-state index is 0.0209. The lowest BCUT2D eigenvalue weighted by molar-refractivity contribution is -0.386. The molecule has 0 saturated carbocycles. The number of halogens is 10. The molecule has 21 heavy (non-hydrogen) atoms. The van der Waals surface area contributed by atoms with Crippen LogP contribution in [0.25, 0.3) is 0 Å². The third-order valence-electron chi connectivity index (χ3n) is 2.23. The second kappa shape index (κ2) is 5.14. The molecule has 120 valence electrons. The highest BCUT2D eigenvalue weighted by atomic mass is 79.9. The van der Waals surface area contributed by atoms with Crippen molar-refractivity contribution in [2.75, 3.05) is 0 Å². The smallest absolute Gasteiger partial charge is 0.286 e. The van der Waals surface area contributed by atoms with Gasteiger partial charge in [-0.2, -0.15) is 39.5 Å². The van der Waals surface area contributed by atoms with Gasteiger partial charge in [-0.15, -0.1) is 11.3 Å². The van der Waals surface area contributed by atoms with Crippen LogP contribution in [-0.4, -0.2) is 29.7 Å². The molecule has 12 heteroatoms. The van der Waals surface area contributed by atoms with Crippen LogP contribution in [0.1, 0.15) is 9.67 Å². The zero-order valence-corrected chi connectivity index (χ0v) is 11.7. The monoisotopic (exact) mass is 408 g/mol. The summed E-state index contributed by atoms with van der Waals surface area (Å²) in [7, 11) is 0. The molecule has 0 radical (unpaired) electrons. The van der Waals surface area contributed by atoms with Gasteiger partial charge in [-0.3, -0.25) is 4.79 Å². The molecule has 0 unspecified atom stereocenters. The van der Waals surface area contributed by atoms with Crippen molar-refractivity contribution in [3.8, 4) is 0 Å². The largest absolute Gasteiger partial charge is 0.460 e. The van der Waals surface area contributed by atoms with Gasteiger partial charge in [-0.1, -0.05) is 0 Å². The SMILES string of the molecule is O=C(c1ccc(Br)s1)C(F)(F)C(F)(F)C(F)(F)C(F)(F)F. The number of Topliss-reactive ketones (excluding diaryl/α,β-unsaturated/α-hetero) is 1. The van der Waals surface area contributed by atoms with Crippen molar-refractivity contribution in [1.82, 2.24) is 0 Å². The minimum Gasteiger partial charge on any atom is -0.286 e. The Balaban J connectivity index is 3.31. The first-order chi connectivity index (χ1) is 9.16. The first-order valence-corrected chi connectivity index (χ1v) is 6.27. The first kappa shape index (κ1) is 18.3. The van der Waals surface area contributed by atoms with E-state index in [-0.39, 0.29) is 15.1 Å². The van der Waals surface area contributed by atoms with E-state index in [2.05, 4.69) is 15.9 Å². The fourth-order valence-corrected chi connectivity index (χ4v) is 2.47. The number of ketones is 1. The van der Waals surface area contributed by atoms with Crippen molar-refractivity contribution in [3.05, 3.63) is 20.8 Å². The molecular weight excluding hydrogens is 407 g/mol. The van der Waals surface area contributed by atoms with Crippen molar-refractivity contribution in [2.24, 2.45) is 0 Å². The number of hydrogen-bond acceptors (Lipinski definition) is 2. The van der Waals surface area contributed by atoms with E-state index in [1.54, 1.807) is 0 Å². The van der Waals surface area contributed by atoms with Crippen LogP contribution in [0.2, 0.25) is 0 Å². The molecule has 1 rings (SSSR count). The molecule has 0 aliphatic rings. The Morgan fingerprint density at radius 1 is 0.905 bits per heavy atom. The maximum absolute atomic E-state index is 13.2. The molecule has 0 amide bonds. The van der Waals surface area contributed by atoms with Gasteiger partial charge in [0, 0.05) is 0 Å². The van der Waals surface area contributed by atoms with Gasteiger partial charge in [-0.25, -0.2) is 0 Å². The predicted octanol–water partition coefficient (Wildman–Crippen LogP) is 5.16. The summed E-state index contributed by atoms with van der Waals surface area (Å²) in [4.78, 5) is 10.1. The van der Waals surface area contributed by atoms with Gasteiger partial charge in [0.05, 0.1) is 8.66 Å². The highest BCUT2D eigenvalue weighted by Gasteiger charge is 2.83. The molecule has 0 aromatic carbocycles. The van der Waals surface area contributed by atoms with Gasteiger partial charge in [0.2, 0.25) is 5.78 Å². The second-order valence-electron chi connectivity index (χ2n) is 3.65. The van der Waals surface area contributed by atoms with Crippen LogP contribution in [0.5, 0.6) is 0 Å². The Hall–Kier alpha value is -0.780. The van der Waals surface area contributed by atoms with Crippen molar-refractivity contribution in [3.63, 3.8) is 0 Å². The Labute approximate surface area is 122 Å². The maximum Gasteiger partial charge on any atom is 0.460 e. The molecule has 0 aliphatic carbocycles. The Bertz CT molecular complexity index is 548. The van der Waals surface area contributed by atoms with Crippen LogP contribution in [-0.2, 0) is 0 Å². The molecule has 0 bridgehead atoms. The van der Waals surface area contributed by atoms with Crippen molar-refractivity contribution < 1.29 is 44.3 Å². The molecular formula is C9H2BrF9OS. The molecule has 0 N–H and O–H groups in total. The van der Waals surface area contributed by atoms with E-state index in [0.29, 0.717) is 6.07 Å². The molecule has 0 saturated heterocycles. The van der Waals surface area contributed by atoms with Crippen LogP contribution >= 0.6 is 27.3 Å². The molecule has 1 aromatic heterocycles. The average molecular weight is 409 g/mol. The molecule has 0 fully saturated rings. The van der Waals surface area contributed by atoms with Gasteiger partial charge >= 0.3 is 23.9 Å². The Morgan fingerprint density at radius 3 is 1.71 bits per heavy atom. The van der Waals surface area contributed by atoms with Crippen molar-refractivity contribution >= 4 is 33.0 Å². The molecule has 1 nitrogen and oxygen atoms in total. The number of carbonyl (C=O) groups is 1. The molecule has 0 aliphatic heterocycles. The predicted molar refractivity (Wildman–Crippen MR) is 57.2 cm³/mol. The van der Waals surface area contributed by atoms with E-state index in [4.69, 9.17) is 0 Å². The first-order valence-electron chi connectivity index (χ1n) is 4.66. The zero-order chi connectivity index (χ0) is 16.9. The quantitative estimate of drug-likeness (QED) is 0.496. The highest BCUT2D eigenvalue weighted by molar-refractivity contribution is 9.11. The van der Waals surface area contributed by atoms with Crippen molar-refractivity contribution in [2.45, 2.75) is 23.9 Å².